The van der Waals surface area contributed by atoms with Gasteiger partial charge < -0.3 is 4.18 Å². The first-order chi connectivity index (χ1) is 5.58. The fourth-order valence-corrected chi connectivity index (χ4v) is 0.575. The Morgan fingerprint density at radius 2 is 1.62 bits per heavy atom. The molecule has 13 heavy (non-hydrogen) atoms. The summed E-state index contributed by atoms with van der Waals surface area (Å²) in [5.74, 6) is -2.77. The quantitative estimate of drug-likeness (QED) is 0.395. The number of rotatable bonds is 2. The third-order valence-corrected chi connectivity index (χ3v) is 1.60. The summed E-state index contributed by atoms with van der Waals surface area (Å²) in [5, 5.41) is 0. The molecule has 0 aromatic rings. The third-order valence-electron chi connectivity index (χ3n) is 0.653. The molecule has 0 saturated carbocycles. The normalized spacial score (nSPS) is 13.1. The van der Waals surface area contributed by atoms with Crippen LogP contribution in [0, 0.1) is 0 Å². The predicted molar refractivity (Wildman–Crippen MR) is 27.1 cm³/mol. The molecule has 0 N–H and O–H groups in total. The van der Waals surface area contributed by atoms with E-state index in [4.69, 9.17) is 0 Å². The molecule has 0 aromatic carbocycles. The molecule has 0 saturated heterocycles. The van der Waals surface area contributed by atoms with Crippen LogP contribution in [0.25, 0.3) is 0 Å². The summed E-state index contributed by atoms with van der Waals surface area (Å²) in [7, 11) is -6.27. The van der Waals surface area contributed by atoms with Crippen molar-refractivity contribution in [3.63, 3.8) is 0 Å². The summed E-state index contributed by atoms with van der Waals surface area (Å²) in [4.78, 5) is 9.75. The first-order valence-electron chi connectivity index (χ1n) is 2.40. The Hall–Kier alpha value is -0.930. The second-order valence-electron chi connectivity index (χ2n) is 1.60. The molecule has 0 amide bonds. The van der Waals surface area contributed by atoms with Gasteiger partial charge in [-0.05, 0) is 0 Å². The molecule has 10 heteroatoms. The zero-order valence-corrected chi connectivity index (χ0v) is 6.32. The Morgan fingerprint density at radius 3 is 1.85 bits per heavy atom. The number of halogens is 5. The number of hydrogen-bond acceptors (Lipinski definition) is 4. The molecular formula is C3HF5O4S. The van der Waals surface area contributed by atoms with E-state index in [1.54, 1.807) is 0 Å². The van der Waals surface area contributed by atoms with Gasteiger partial charge >= 0.3 is 28.0 Å². The van der Waals surface area contributed by atoms with Crippen LogP contribution in [0.3, 0.4) is 0 Å². The second kappa shape index (κ2) is 3.44. The fraction of sp³-hybridized carbons (Fsp3) is 0.667. The Kier molecular flexibility index (Phi) is 3.19. The summed E-state index contributed by atoms with van der Waals surface area (Å²) in [6.45, 7) is 0. The molecule has 0 heterocycles. The fourth-order valence-electron chi connectivity index (χ4n) is 0.192. The SMILES string of the molecule is O=C(OS(=O)(=O)C(F)(F)F)C(F)F. The molecule has 0 aliphatic heterocycles. The van der Waals surface area contributed by atoms with E-state index in [0.717, 1.165) is 0 Å². The molecule has 0 bridgehead atoms. The lowest BCUT2D eigenvalue weighted by Gasteiger charge is -2.06. The number of carbonyl (C=O) groups is 1. The van der Waals surface area contributed by atoms with Gasteiger partial charge in [0.15, 0.2) is 0 Å². The minimum absolute atomic E-state index is 2.52. The number of hydrogen-bond donors (Lipinski definition) is 0. The van der Waals surface area contributed by atoms with Crippen molar-refractivity contribution in [3.8, 4) is 0 Å². The summed E-state index contributed by atoms with van der Waals surface area (Å²) >= 11 is 0. The van der Waals surface area contributed by atoms with Crippen LogP contribution in [0.5, 0.6) is 0 Å². The smallest absolute Gasteiger partial charge is 0.334 e. The van der Waals surface area contributed by atoms with E-state index < -0.39 is 28.0 Å². The highest BCUT2D eigenvalue weighted by Crippen LogP contribution is 2.25. The van der Waals surface area contributed by atoms with Crippen molar-refractivity contribution in [2.75, 3.05) is 0 Å². The van der Waals surface area contributed by atoms with Crippen molar-refractivity contribution in [3.05, 3.63) is 0 Å². The van der Waals surface area contributed by atoms with E-state index in [9.17, 15) is 35.2 Å². The van der Waals surface area contributed by atoms with E-state index in [-0.39, 0.29) is 0 Å². The van der Waals surface area contributed by atoms with Gasteiger partial charge in [-0.3, -0.25) is 0 Å². The van der Waals surface area contributed by atoms with Crippen LogP contribution in [0.15, 0.2) is 0 Å². The van der Waals surface area contributed by atoms with Gasteiger partial charge in [-0.25, -0.2) is 4.79 Å². The van der Waals surface area contributed by atoms with Gasteiger partial charge in [0.25, 0.3) is 0 Å². The average molecular weight is 228 g/mol. The monoisotopic (exact) mass is 228 g/mol. The van der Waals surface area contributed by atoms with Crippen molar-refractivity contribution in [2.45, 2.75) is 11.9 Å². The first-order valence-corrected chi connectivity index (χ1v) is 3.81. The minimum Gasteiger partial charge on any atom is -0.334 e. The number of alkyl halides is 5. The van der Waals surface area contributed by atoms with E-state index >= 15 is 0 Å². The summed E-state index contributed by atoms with van der Waals surface area (Å²) in [6.07, 6.45) is -3.93. The highest BCUT2D eigenvalue weighted by molar-refractivity contribution is 7.88. The Bertz CT molecular complexity index is 289. The minimum atomic E-state index is -6.27. The molecule has 0 rings (SSSR count). The maximum absolute atomic E-state index is 11.3. The molecule has 0 atom stereocenters. The van der Waals surface area contributed by atoms with Crippen molar-refractivity contribution in [1.29, 1.82) is 0 Å². The lowest BCUT2D eigenvalue weighted by molar-refractivity contribution is -0.148. The van der Waals surface area contributed by atoms with E-state index in [2.05, 4.69) is 4.18 Å². The topological polar surface area (TPSA) is 60.4 Å². The van der Waals surface area contributed by atoms with Crippen LogP contribution in [-0.4, -0.2) is 26.3 Å². The van der Waals surface area contributed by atoms with E-state index in [1.807, 2.05) is 0 Å². The molecular weight excluding hydrogens is 227 g/mol. The zero-order valence-electron chi connectivity index (χ0n) is 5.51. The van der Waals surface area contributed by atoms with Crippen molar-refractivity contribution in [1.82, 2.24) is 0 Å². The van der Waals surface area contributed by atoms with Gasteiger partial charge in [0, 0.05) is 0 Å². The molecule has 0 aliphatic rings. The lowest BCUT2D eigenvalue weighted by Crippen LogP contribution is -2.30. The van der Waals surface area contributed by atoms with Crippen LogP contribution in [0.1, 0.15) is 0 Å². The number of carbonyl (C=O) groups excluding carboxylic acids is 1. The predicted octanol–water partition coefficient (Wildman–Crippen LogP) is 0.644. The van der Waals surface area contributed by atoms with Crippen molar-refractivity contribution < 1.29 is 39.3 Å². The summed E-state index contributed by atoms with van der Waals surface area (Å²) in [5.41, 5.74) is -5.89. The highest BCUT2D eigenvalue weighted by Gasteiger charge is 2.50. The molecule has 0 aliphatic carbocycles. The molecule has 0 aromatic heterocycles. The largest absolute Gasteiger partial charge is 0.534 e. The highest BCUT2D eigenvalue weighted by atomic mass is 32.2. The maximum atomic E-state index is 11.3. The third kappa shape index (κ3) is 3.13. The van der Waals surface area contributed by atoms with Crippen LogP contribution < -0.4 is 0 Å². The summed E-state index contributed by atoms with van der Waals surface area (Å²) in [6, 6.07) is 0. The average Bonchev–Trinajstić information content (AvgIpc) is 1.83. The Labute approximate surface area is 68.4 Å². The zero-order chi connectivity index (χ0) is 10.9. The van der Waals surface area contributed by atoms with Gasteiger partial charge in [-0.15, -0.1) is 0 Å². The molecule has 0 spiro atoms. The van der Waals surface area contributed by atoms with Gasteiger partial charge in [-0.2, -0.15) is 30.4 Å². The van der Waals surface area contributed by atoms with Crippen LogP contribution in [0.2, 0.25) is 0 Å². The van der Waals surface area contributed by atoms with Crippen LogP contribution >= 0.6 is 0 Å². The Morgan fingerprint density at radius 1 is 1.23 bits per heavy atom. The molecule has 0 fully saturated rings. The van der Waals surface area contributed by atoms with Gasteiger partial charge in [0.2, 0.25) is 0 Å². The van der Waals surface area contributed by atoms with Crippen molar-refractivity contribution in [2.24, 2.45) is 0 Å². The van der Waals surface area contributed by atoms with E-state index in [1.165, 1.54) is 0 Å². The standard InChI is InChI=1S/C3HF5O4S/c4-1(5)2(9)12-13(10,11)3(6,7)8/h1H. The van der Waals surface area contributed by atoms with E-state index in [0.29, 0.717) is 0 Å². The molecule has 0 radical (unpaired) electrons. The summed E-state index contributed by atoms with van der Waals surface area (Å²) < 4.78 is 78.8. The van der Waals surface area contributed by atoms with Gasteiger partial charge in [-0.1, -0.05) is 0 Å². The van der Waals surface area contributed by atoms with Crippen LogP contribution in [0.4, 0.5) is 22.0 Å². The Balaban J connectivity index is 4.65. The van der Waals surface area contributed by atoms with Crippen LogP contribution in [-0.2, 0) is 19.1 Å². The first kappa shape index (κ1) is 12.1. The molecule has 0 unspecified atom stereocenters. The van der Waals surface area contributed by atoms with Crippen molar-refractivity contribution >= 4 is 16.1 Å². The van der Waals surface area contributed by atoms with Gasteiger partial charge in [0.05, 0.1) is 0 Å². The maximum Gasteiger partial charge on any atom is 0.534 e. The van der Waals surface area contributed by atoms with Gasteiger partial charge in [0.1, 0.15) is 0 Å². The molecule has 4 nitrogen and oxygen atoms in total. The molecule has 78 valence electrons. The lowest BCUT2D eigenvalue weighted by atomic mass is 10.7. The second-order valence-corrected chi connectivity index (χ2v) is 3.14.